The number of hydrogen-bond donors (Lipinski definition) is 1. The molecule has 1 unspecified atom stereocenters. The van der Waals surface area contributed by atoms with Crippen molar-refractivity contribution in [3.05, 3.63) is 36.0 Å². The summed E-state index contributed by atoms with van der Waals surface area (Å²) in [6.07, 6.45) is 1.40. The van der Waals surface area contributed by atoms with E-state index in [0.29, 0.717) is 12.6 Å². The van der Waals surface area contributed by atoms with Gasteiger partial charge in [-0.3, -0.25) is 4.98 Å². The van der Waals surface area contributed by atoms with Gasteiger partial charge in [0.05, 0.1) is 17.3 Å². The van der Waals surface area contributed by atoms with Crippen molar-refractivity contribution >= 4 is 16.6 Å². The highest BCUT2D eigenvalue weighted by Gasteiger charge is 2.23. The average molecular weight is 257 g/mol. The molecule has 4 nitrogen and oxygen atoms in total. The van der Waals surface area contributed by atoms with E-state index in [-0.39, 0.29) is 0 Å². The Morgan fingerprint density at radius 3 is 3.00 bits per heavy atom. The van der Waals surface area contributed by atoms with E-state index in [1.54, 1.807) is 7.11 Å². The van der Waals surface area contributed by atoms with Crippen LogP contribution in [-0.4, -0.2) is 31.3 Å². The number of rotatable bonds is 3. The highest BCUT2D eigenvalue weighted by atomic mass is 16.5. The van der Waals surface area contributed by atoms with Gasteiger partial charge in [0, 0.05) is 37.8 Å². The quantitative estimate of drug-likeness (QED) is 0.912. The van der Waals surface area contributed by atoms with Crippen molar-refractivity contribution in [2.24, 2.45) is 5.73 Å². The Morgan fingerprint density at radius 1 is 1.42 bits per heavy atom. The number of benzene rings is 1. The number of para-hydroxylation sites is 1. The van der Waals surface area contributed by atoms with Gasteiger partial charge in [0.15, 0.2) is 0 Å². The molecule has 2 N–H and O–H groups in total. The monoisotopic (exact) mass is 257 g/mol. The van der Waals surface area contributed by atoms with E-state index in [2.05, 4.69) is 28.1 Å². The second-order valence-electron chi connectivity index (χ2n) is 4.95. The minimum absolute atomic E-state index is 0.327. The number of ether oxygens (including phenoxy) is 1. The number of methoxy groups -OCH3 is 1. The van der Waals surface area contributed by atoms with Crippen molar-refractivity contribution in [3.8, 4) is 0 Å². The fourth-order valence-corrected chi connectivity index (χ4v) is 2.72. The molecule has 2 heterocycles. The molecule has 19 heavy (non-hydrogen) atoms. The second-order valence-corrected chi connectivity index (χ2v) is 4.95. The van der Waals surface area contributed by atoms with Crippen molar-refractivity contribution < 1.29 is 4.74 Å². The first kappa shape index (κ1) is 12.4. The summed E-state index contributed by atoms with van der Waals surface area (Å²) in [6, 6.07) is 10.3. The van der Waals surface area contributed by atoms with E-state index in [4.69, 9.17) is 10.5 Å². The van der Waals surface area contributed by atoms with Crippen LogP contribution >= 0.6 is 0 Å². The van der Waals surface area contributed by atoms with Crippen LogP contribution in [0.4, 0.5) is 5.69 Å². The molecular weight excluding hydrogens is 238 g/mol. The highest BCUT2D eigenvalue weighted by Crippen LogP contribution is 2.29. The lowest BCUT2D eigenvalue weighted by Crippen LogP contribution is -2.22. The average Bonchev–Trinajstić information content (AvgIpc) is 2.94. The summed E-state index contributed by atoms with van der Waals surface area (Å²) in [4.78, 5) is 6.95. The summed E-state index contributed by atoms with van der Waals surface area (Å²) in [7, 11) is 1.78. The van der Waals surface area contributed by atoms with Crippen molar-refractivity contribution in [3.63, 3.8) is 0 Å². The summed E-state index contributed by atoms with van der Waals surface area (Å²) in [5.41, 5.74) is 8.94. The molecule has 1 saturated heterocycles. The Hall–Kier alpha value is -1.65. The van der Waals surface area contributed by atoms with Crippen molar-refractivity contribution in [2.75, 3.05) is 25.1 Å². The summed E-state index contributed by atoms with van der Waals surface area (Å²) < 4.78 is 5.45. The number of anilines is 1. The van der Waals surface area contributed by atoms with Crippen LogP contribution < -0.4 is 10.6 Å². The fraction of sp³-hybridized carbons (Fsp3) is 0.400. The lowest BCUT2D eigenvalue weighted by Gasteiger charge is -2.21. The van der Waals surface area contributed by atoms with E-state index in [1.807, 2.05) is 12.1 Å². The highest BCUT2D eigenvalue weighted by molar-refractivity contribution is 5.92. The zero-order valence-electron chi connectivity index (χ0n) is 11.2. The number of fused-ring (bicyclic) bond motifs is 1. The largest absolute Gasteiger partial charge is 0.380 e. The molecule has 0 aliphatic carbocycles. The van der Waals surface area contributed by atoms with E-state index in [0.717, 1.165) is 30.7 Å². The maximum atomic E-state index is 5.76. The maximum absolute atomic E-state index is 5.76. The molecule has 100 valence electrons. The van der Waals surface area contributed by atoms with E-state index < -0.39 is 0 Å². The maximum Gasteiger partial charge on any atom is 0.0762 e. The molecule has 1 aromatic carbocycles. The number of aromatic nitrogens is 1. The van der Waals surface area contributed by atoms with Gasteiger partial charge in [0.2, 0.25) is 0 Å². The third kappa shape index (κ3) is 2.29. The number of nitrogens with two attached hydrogens (primary N) is 1. The van der Waals surface area contributed by atoms with Crippen LogP contribution in [0.25, 0.3) is 10.9 Å². The molecule has 2 aromatic rings. The van der Waals surface area contributed by atoms with Gasteiger partial charge in [0.1, 0.15) is 0 Å². The lowest BCUT2D eigenvalue weighted by atomic mass is 10.1. The normalized spacial score (nSPS) is 19.3. The van der Waals surface area contributed by atoms with Crippen LogP contribution in [0.2, 0.25) is 0 Å². The standard InChI is InChI=1S/C15H19N3O/c1-19-12-6-7-18(10-12)15-8-11(9-16)17-14-5-3-2-4-13(14)15/h2-5,8,12H,6-7,9-10,16H2,1H3. The van der Waals surface area contributed by atoms with Gasteiger partial charge in [-0.25, -0.2) is 0 Å². The molecule has 1 aromatic heterocycles. The van der Waals surface area contributed by atoms with Gasteiger partial charge in [-0.15, -0.1) is 0 Å². The van der Waals surface area contributed by atoms with E-state index >= 15 is 0 Å². The molecule has 0 radical (unpaired) electrons. The minimum Gasteiger partial charge on any atom is -0.380 e. The van der Waals surface area contributed by atoms with Crippen molar-refractivity contribution in [1.82, 2.24) is 4.98 Å². The van der Waals surface area contributed by atoms with Crippen molar-refractivity contribution in [2.45, 2.75) is 19.1 Å². The second kappa shape index (κ2) is 5.15. The molecule has 1 atom stereocenters. The zero-order chi connectivity index (χ0) is 13.2. The molecule has 0 bridgehead atoms. The Kier molecular flexibility index (Phi) is 3.36. The van der Waals surface area contributed by atoms with Crippen LogP contribution in [0, 0.1) is 0 Å². The van der Waals surface area contributed by atoms with Crippen LogP contribution in [0.3, 0.4) is 0 Å². The molecule has 1 aliphatic heterocycles. The van der Waals surface area contributed by atoms with Crippen LogP contribution in [0.1, 0.15) is 12.1 Å². The summed E-state index contributed by atoms with van der Waals surface area (Å²) in [5.74, 6) is 0. The first-order chi connectivity index (χ1) is 9.31. The molecule has 1 aliphatic rings. The van der Waals surface area contributed by atoms with Gasteiger partial charge in [-0.05, 0) is 18.6 Å². The molecule has 0 saturated carbocycles. The first-order valence-electron chi connectivity index (χ1n) is 6.68. The minimum atomic E-state index is 0.327. The Labute approximate surface area is 113 Å². The van der Waals surface area contributed by atoms with Crippen molar-refractivity contribution in [1.29, 1.82) is 0 Å². The molecular formula is C15H19N3O. The third-order valence-electron chi connectivity index (χ3n) is 3.78. The topological polar surface area (TPSA) is 51.4 Å². The summed E-state index contributed by atoms with van der Waals surface area (Å²) in [6.45, 7) is 2.43. The SMILES string of the molecule is COC1CCN(c2cc(CN)nc3ccccc23)C1. The summed E-state index contributed by atoms with van der Waals surface area (Å²) >= 11 is 0. The molecule has 3 rings (SSSR count). The zero-order valence-corrected chi connectivity index (χ0v) is 11.2. The van der Waals surface area contributed by atoms with Gasteiger partial charge in [0.25, 0.3) is 0 Å². The molecule has 4 heteroatoms. The number of nitrogens with zero attached hydrogens (tertiary/aromatic N) is 2. The van der Waals surface area contributed by atoms with Crippen LogP contribution in [0.15, 0.2) is 30.3 Å². The number of pyridine rings is 1. The summed E-state index contributed by atoms with van der Waals surface area (Å²) in [5, 5.41) is 1.19. The Bertz CT molecular complexity index is 585. The van der Waals surface area contributed by atoms with E-state index in [9.17, 15) is 0 Å². The molecule has 0 amide bonds. The van der Waals surface area contributed by atoms with E-state index in [1.165, 1.54) is 11.1 Å². The van der Waals surface area contributed by atoms with Gasteiger partial charge >= 0.3 is 0 Å². The van der Waals surface area contributed by atoms with Gasteiger partial charge in [-0.1, -0.05) is 18.2 Å². The van der Waals surface area contributed by atoms with Crippen LogP contribution in [0.5, 0.6) is 0 Å². The fourth-order valence-electron chi connectivity index (χ4n) is 2.72. The molecule has 1 fully saturated rings. The number of hydrogen-bond acceptors (Lipinski definition) is 4. The van der Waals surface area contributed by atoms with Gasteiger partial charge in [-0.2, -0.15) is 0 Å². The Morgan fingerprint density at radius 2 is 2.26 bits per heavy atom. The smallest absolute Gasteiger partial charge is 0.0762 e. The predicted octanol–water partition coefficient (Wildman–Crippen LogP) is 1.92. The molecule has 0 spiro atoms. The Balaban J connectivity index is 2.06. The van der Waals surface area contributed by atoms with Crippen LogP contribution in [-0.2, 0) is 11.3 Å². The van der Waals surface area contributed by atoms with Gasteiger partial charge < -0.3 is 15.4 Å². The third-order valence-corrected chi connectivity index (χ3v) is 3.78. The predicted molar refractivity (Wildman–Crippen MR) is 77.3 cm³/mol. The first-order valence-corrected chi connectivity index (χ1v) is 6.68. The lowest BCUT2D eigenvalue weighted by molar-refractivity contribution is 0.121.